The van der Waals surface area contributed by atoms with E-state index in [1.54, 1.807) is 12.5 Å². The highest BCUT2D eigenvalue weighted by atomic mass is 16.5. The zero-order valence-corrected chi connectivity index (χ0v) is 6.20. The van der Waals surface area contributed by atoms with Crippen molar-refractivity contribution in [2.45, 2.75) is 20.3 Å². The Morgan fingerprint density at radius 2 is 2.40 bits per heavy atom. The molecule has 0 aromatic carbocycles. The van der Waals surface area contributed by atoms with Gasteiger partial charge in [0.1, 0.15) is 12.5 Å². The van der Waals surface area contributed by atoms with E-state index in [1.165, 1.54) is 0 Å². The average Bonchev–Trinajstić information content (AvgIpc) is 2.40. The molecule has 0 aliphatic heterocycles. The molecule has 0 fully saturated rings. The molecule has 3 nitrogen and oxygen atoms in total. The minimum atomic E-state index is 0.639. The van der Waals surface area contributed by atoms with E-state index in [0.29, 0.717) is 6.42 Å². The maximum absolute atomic E-state index is 9.17. The summed E-state index contributed by atoms with van der Waals surface area (Å²) < 4.78 is 4.46. The summed E-state index contributed by atoms with van der Waals surface area (Å²) in [5.41, 5.74) is 1.06. The van der Waals surface area contributed by atoms with Gasteiger partial charge in [0.2, 0.25) is 0 Å². The molecule has 0 unspecified atom stereocenters. The monoisotopic (exact) mass is 141 g/mol. The Kier molecular flexibility index (Phi) is 5.33. The fraction of sp³-hybridized carbons (Fsp3) is 0.429. The lowest BCUT2D eigenvalue weighted by molar-refractivity contribution is -0.107. The average molecular weight is 141 g/mol. The number of carbonyl (C=O) groups excluding carboxylic acids is 1. The van der Waals surface area contributed by atoms with Crippen LogP contribution in [0.25, 0.3) is 0 Å². The van der Waals surface area contributed by atoms with Crippen LogP contribution in [0.1, 0.15) is 18.9 Å². The minimum absolute atomic E-state index is 0.639. The summed E-state index contributed by atoms with van der Waals surface area (Å²) in [6, 6.07) is 0. The molecule has 1 aromatic rings. The highest BCUT2D eigenvalue weighted by Crippen LogP contribution is 1.88. The molecule has 3 heteroatoms. The van der Waals surface area contributed by atoms with Crippen LogP contribution >= 0.6 is 0 Å². The smallest absolute Gasteiger partial charge is 0.126 e. The molecular weight excluding hydrogens is 130 g/mol. The molecular formula is C7H11NO2. The minimum Gasteiger partial charge on any atom is -0.365 e. The van der Waals surface area contributed by atoms with Gasteiger partial charge in [0.15, 0.2) is 0 Å². The van der Waals surface area contributed by atoms with Crippen LogP contribution in [0.3, 0.4) is 0 Å². The Morgan fingerprint density at radius 1 is 1.80 bits per heavy atom. The van der Waals surface area contributed by atoms with Crippen LogP contribution in [0.5, 0.6) is 0 Å². The van der Waals surface area contributed by atoms with Crippen LogP contribution in [-0.4, -0.2) is 11.4 Å². The largest absolute Gasteiger partial charge is 0.365 e. The normalized spacial score (nSPS) is 7.80. The van der Waals surface area contributed by atoms with Crippen molar-refractivity contribution in [3.63, 3.8) is 0 Å². The first kappa shape index (κ1) is 8.88. The van der Waals surface area contributed by atoms with Gasteiger partial charge in [-0.25, -0.2) is 0 Å². The second kappa shape index (κ2) is 6.01. The van der Waals surface area contributed by atoms with Crippen LogP contribution in [0.2, 0.25) is 0 Å². The third kappa shape index (κ3) is 5.03. The van der Waals surface area contributed by atoms with Gasteiger partial charge < -0.3 is 9.32 Å². The standard InChI is InChI=1S/C4H5NO.C3H6O/c1-4-2-5-6-3-4;1-2-3-4/h2-3H,1H3;3H,2H2,1H3. The van der Waals surface area contributed by atoms with Crippen LogP contribution < -0.4 is 0 Å². The van der Waals surface area contributed by atoms with E-state index >= 15 is 0 Å². The van der Waals surface area contributed by atoms with E-state index < -0.39 is 0 Å². The molecule has 0 aliphatic carbocycles. The van der Waals surface area contributed by atoms with Crippen molar-refractivity contribution in [2.75, 3.05) is 0 Å². The second-order valence-electron chi connectivity index (χ2n) is 1.78. The van der Waals surface area contributed by atoms with Crippen molar-refractivity contribution in [3.05, 3.63) is 18.0 Å². The molecule has 0 atom stereocenters. The first-order valence-electron chi connectivity index (χ1n) is 3.10. The molecule has 0 saturated carbocycles. The number of hydrogen-bond acceptors (Lipinski definition) is 3. The molecule has 1 rings (SSSR count). The number of aryl methyl sites for hydroxylation is 1. The highest BCUT2D eigenvalue weighted by Gasteiger charge is 1.77. The lowest BCUT2D eigenvalue weighted by Gasteiger charge is -1.60. The molecule has 0 saturated heterocycles. The fourth-order valence-electron chi connectivity index (χ4n) is 0.258. The van der Waals surface area contributed by atoms with Crippen LogP contribution in [0.15, 0.2) is 17.0 Å². The fourth-order valence-corrected chi connectivity index (χ4v) is 0.258. The summed E-state index contributed by atoms with van der Waals surface area (Å²) in [6.07, 6.45) is 4.78. The predicted octanol–water partition coefficient (Wildman–Crippen LogP) is 1.58. The number of hydrogen-bond donors (Lipinski definition) is 0. The van der Waals surface area contributed by atoms with Crippen molar-refractivity contribution >= 4 is 6.29 Å². The van der Waals surface area contributed by atoms with Gasteiger partial charge in [-0.2, -0.15) is 0 Å². The summed E-state index contributed by atoms with van der Waals surface area (Å²) in [7, 11) is 0. The van der Waals surface area contributed by atoms with E-state index in [-0.39, 0.29) is 0 Å². The SMILES string of the molecule is CCC=O.Cc1cnoc1. The lowest BCUT2D eigenvalue weighted by Crippen LogP contribution is -1.55. The number of carbonyl (C=O) groups is 1. The van der Waals surface area contributed by atoms with Crippen molar-refractivity contribution in [1.29, 1.82) is 0 Å². The molecule has 0 N–H and O–H groups in total. The van der Waals surface area contributed by atoms with Gasteiger partial charge in [0.05, 0.1) is 6.20 Å². The van der Waals surface area contributed by atoms with Crippen LogP contribution in [-0.2, 0) is 4.79 Å². The summed E-state index contributed by atoms with van der Waals surface area (Å²) >= 11 is 0. The predicted molar refractivity (Wildman–Crippen MR) is 37.6 cm³/mol. The summed E-state index contributed by atoms with van der Waals surface area (Å²) in [5.74, 6) is 0. The van der Waals surface area contributed by atoms with Gasteiger partial charge in [-0.1, -0.05) is 12.1 Å². The number of aldehydes is 1. The zero-order valence-electron chi connectivity index (χ0n) is 6.20. The summed E-state index contributed by atoms with van der Waals surface area (Å²) in [4.78, 5) is 9.17. The first-order chi connectivity index (χ1) is 4.81. The quantitative estimate of drug-likeness (QED) is 0.557. The van der Waals surface area contributed by atoms with Gasteiger partial charge in [0, 0.05) is 12.0 Å². The molecule has 0 bridgehead atoms. The number of nitrogens with zero attached hydrogens (tertiary/aromatic N) is 1. The number of aromatic nitrogens is 1. The maximum atomic E-state index is 9.17. The van der Waals surface area contributed by atoms with Crippen molar-refractivity contribution < 1.29 is 9.32 Å². The van der Waals surface area contributed by atoms with Gasteiger partial charge in [-0.05, 0) is 6.92 Å². The van der Waals surface area contributed by atoms with E-state index in [0.717, 1.165) is 11.8 Å². The summed E-state index contributed by atoms with van der Waals surface area (Å²) in [6.45, 7) is 3.74. The molecule has 0 amide bonds. The Balaban J connectivity index is 0.000000180. The van der Waals surface area contributed by atoms with Gasteiger partial charge in [-0.3, -0.25) is 0 Å². The topological polar surface area (TPSA) is 43.1 Å². The van der Waals surface area contributed by atoms with Crippen molar-refractivity contribution in [1.82, 2.24) is 5.16 Å². The van der Waals surface area contributed by atoms with E-state index in [9.17, 15) is 4.79 Å². The van der Waals surface area contributed by atoms with Crippen LogP contribution in [0.4, 0.5) is 0 Å². The maximum Gasteiger partial charge on any atom is 0.126 e. The molecule has 1 heterocycles. The third-order valence-corrected chi connectivity index (χ3v) is 0.722. The Hall–Kier alpha value is -1.12. The Labute approximate surface area is 60.0 Å². The van der Waals surface area contributed by atoms with Crippen molar-refractivity contribution in [3.8, 4) is 0 Å². The zero-order chi connectivity index (χ0) is 7.82. The van der Waals surface area contributed by atoms with Gasteiger partial charge >= 0.3 is 0 Å². The molecule has 1 aromatic heterocycles. The highest BCUT2D eigenvalue weighted by molar-refractivity contribution is 5.48. The number of rotatable bonds is 1. The summed E-state index contributed by atoms with van der Waals surface area (Å²) in [5, 5.41) is 3.45. The van der Waals surface area contributed by atoms with Gasteiger partial charge in [-0.15, -0.1) is 0 Å². The lowest BCUT2D eigenvalue weighted by atomic mass is 10.4. The third-order valence-electron chi connectivity index (χ3n) is 0.722. The molecule has 10 heavy (non-hydrogen) atoms. The second-order valence-corrected chi connectivity index (χ2v) is 1.78. The molecule has 0 spiro atoms. The van der Waals surface area contributed by atoms with E-state index in [1.807, 2.05) is 13.8 Å². The van der Waals surface area contributed by atoms with Gasteiger partial charge in [0.25, 0.3) is 0 Å². The van der Waals surface area contributed by atoms with Crippen molar-refractivity contribution in [2.24, 2.45) is 0 Å². The molecule has 56 valence electrons. The van der Waals surface area contributed by atoms with E-state index in [2.05, 4.69) is 9.68 Å². The van der Waals surface area contributed by atoms with Crippen LogP contribution in [0, 0.1) is 6.92 Å². The Morgan fingerprint density at radius 3 is 2.50 bits per heavy atom. The first-order valence-corrected chi connectivity index (χ1v) is 3.10. The van der Waals surface area contributed by atoms with E-state index in [4.69, 9.17) is 0 Å². The molecule has 0 radical (unpaired) electrons. The Bertz CT molecular complexity index is 158. The molecule has 0 aliphatic rings.